The number of ether oxygens (including phenoxy) is 1. The van der Waals surface area contributed by atoms with Crippen molar-refractivity contribution in [3.8, 4) is 17.4 Å². The lowest BCUT2D eigenvalue weighted by molar-refractivity contribution is -0.120. The molecule has 11 heteroatoms. The van der Waals surface area contributed by atoms with Crippen LogP contribution in [0, 0.1) is 16.7 Å². The van der Waals surface area contributed by atoms with E-state index in [0.717, 1.165) is 24.2 Å². The highest BCUT2D eigenvalue weighted by molar-refractivity contribution is 7.89. The molecule has 0 amide bonds. The van der Waals surface area contributed by atoms with Gasteiger partial charge in [-0.3, -0.25) is 14.2 Å². The van der Waals surface area contributed by atoms with Crippen molar-refractivity contribution in [1.82, 2.24) is 8.87 Å². The van der Waals surface area contributed by atoms with Crippen molar-refractivity contribution in [2.45, 2.75) is 65.0 Å². The number of carbonyl (C=O) groups excluding carboxylic acids is 1. The molecule has 1 fully saturated rings. The van der Waals surface area contributed by atoms with Crippen LogP contribution in [0.15, 0.2) is 50.5 Å². The Hall–Kier alpha value is -3.30. The lowest BCUT2D eigenvalue weighted by Gasteiger charge is -2.18. The Labute approximate surface area is 244 Å². The Morgan fingerprint density at radius 2 is 1.85 bits per heavy atom. The SMILES string of the molecule is CCN(CC)S(=O)(=O)c1ccc(-c2ccc(/C=c3\s/c(=C(\C#N)C(=O)C(C)(C)C)n(C[C@@H]4CCCO4)c3=O)o2)cc1. The predicted molar refractivity (Wildman–Crippen MR) is 158 cm³/mol. The summed E-state index contributed by atoms with van der Waals surface area (Å²) in [5.41, 5.74) is -0.475. The summed E-state index contributed by atoms with van der Waals surface area (Å²) in [6, 6.07) is 12.0. The highest BCUT2D eigenvalue weighted by atomic mass is 32.2. The summed E-state index contributed by atoms with van der Waals surface area (Å²) in [4.78, 5) is 26.9. The number of benzene rings is 1. The zero-order chi connectivity index (χ0) is 29.9. The molecule has 3 aromatic rings. The summed E-state index contributed by atoms with van der Waals surface area (Å²) in [7, 11) is -3.57. The number of rotatable bonds is 9. The first-order chi connectivity index (χ1) is 19.4. The van der Waals surface area contributed by atoms with Gasteiger partial charge in [0.05, 0.1) is 22.1 Å². The van der Waals surface area contributed by atoms with E-state index in [-0.39, 0.29) is 34.5 Å². The molecular formula is C30H35N3O6S2. The number of hydrogen-bond donors (Lipinski definition) is 0. The van der Waals surface area contributed by atoms with Crippen LogP contribution in [-0.4, -0.2) is 48.9 Å². The highest BCUT2D eigenvalue weighted by Crippen LogP contribution is 2.25. The predicted octanol–water partition coefficient (Wildman–Crippen LogP) is 3.50. The maximum absolute atomic E-state index is 13.5. The van der Waals surface area contributed by atoms with E-state index in [1.807, 2.05) is 6.07 Å². The smallest absolute Gasteiger partial charge is 0.269 e. The van der Waals surface area contributed by atoms with Gasteiger partial charge in [-0.25, -0.2) is 8.42 Å². The average molecular weight is 598 g/mol. The van der Waals surface area contributed by atoms with Crippen LogP contribution in [-0.2, 0) is 26.1 Å². The molecule has 0 aliphatic carbocycles. The third-order valence-corrected chi connectivity index (χ3v) is 10.1. The first kappa shape index (κ1) is 30.7. The summed E-state index contributed by atoms with van der Waals surface area (Å²) < 4.78 is 40.9. The van der Waals surface area contributed by atoms with E-state index in [4.69, 9.17) is 9.15 Å². The van der Waals surface area contributed by atoms with E-state index >= 15 is 0 Å². The molecule has 0 unspecified atom stereocenters. The van der Waals surface area contributed by atoms with E-state index < -0.39 is 15.4 Å². The summed E-state index contributed by atoms with van der Waals surface area (Å²) in [5, 5.41) is 9.93. The Morgan fingerprint density at radius 1 is 1.17 bits per heavy atom. The fourth-order valence-electron chi connectivity index (χ4n) is 4.65. The molecule has 3 heterocycles. The fraction of sp³-hybridized carbons (Fsp3) is 0.433. The zero-order valence-corrected chi connectivity index (χ0v) is 25.6. The van der Waals surface area contributed by atoms with E-state index in [1.165, 1.54) is 8.87 Å². The van der Waals surface area contributed by atoms with Gasteiger partial charge in [-0.1, -0.05) is 34.6 Å². The lowest BCUT2D eigenvalue weighted by Crippen LogP contribution is -2.37. The minimum Gasteiger partial charge on any atom is -0.457 e. The normalized spacial score (nSPS) is 17.2. The molecule has 9 nitrogen and oxygen atoms in total. The van der Waals surface area contributed by atoms with Crippen molar-refractivity contribution in [2.24, 2.45) is 5.41 Å². The summed E-state index contributed by atoms with van der Waals surface area (Å²) in [6.07, 6.45) is 3.13. The van der Waals surface area contributed by atoms with Crippen LogP contribution < -0.4 is 14.8 Å². The van der Waals surface area contributed by atoms with Gasteiger partial charge in [0.2, 0.25) is 10.0 Å². The van der Waals surface area contributed by atoms with Crippen molar-refractivity contribution < 1.29 is 22.4 Å². The van der Waals surface area contributed by atoms with Gasteiger partial charge in [-0.05, 0) is 49.2 Å². The first-order valence-corrected chi connectivity index (χ1v) is 15.9. The second kappa shape index (κ2) is 12.3. The standard InChI is InChI=1S/C30H35N3O6S2/c1-6-32(7-2)41(36,37)23-13-10-20(11-14-23)25-15-12-21(39-25)17-26-28(35)33(19-22-9-8-16-38-22)29(40-26)24(18-31)27(34)30(3,4)5/h10-15,17,22H,6-9,16,19H2,1-5H3/b26-17-,29-24+/t22-/m0/s1. The Morgan fingerprint density at radius 3 is 2.41 bits per heavy atom. The van der Waals surface area contributed by atoms with E-state index in [9.17, 15) is 23.3 Å². The summed E-state index contributed by atoms with van der Waals surface area (Å²) in [6.45, 7) is 10.5. The molecule has 0 bridgehead atoms. The number of nitriles is 1. The second-order valence-corrected chi connectivity index (χ2v) is 13.8. The number of nitrogens with zero attached hydrogens (tertiary/aromatic N) is 3. The molecule has 1 aliphatic rings. The minimum absolute atomic E-state index is 0.0443. The van der Waals surface area contributed by atoms with Crippen molar-refractivity contribution >= 4 is 38.8 Å². The van der Waals surface area contributed by atoms with E-state index in [0.29, 0.717) is 46.0 Å². The molecule has 1 atom stereocenters. The van der Waals surface area contributed by atoms with Gasteiger partial charge >= 0.3 is 0 Å². The molecule has 2 aromatic heterocycles. The van der Waals surface area contributed by atoms with Crippen molar-refractivity contribution in [3.63, 3.8) is 0 Å². The molecule has 1 saturated heterocycles. The van der Waals surface area contributed by atoms with Crippen LogP contribution in [0.5, 0.6) is 0 Å². The van der Waals surface area contributed by atoms with Crippen LogP contribution in [0.3, 0.4) is 0 Å². The molecule has 0 saturated carbocycles. The molecule has 41 heavy (non-hydrogen) atoms. The Bertz CT molecular complexity index is 1740. The van der Waals surface area contributed by atoms with Gasteiger partial charge in [0, 0.05) is 36.8 Å². The number of sulfonamides is 1. The van der Waals surface area contributed by atoms with Gasteiger partial charge in [-0.2, -0.15) is 9.57 Å². The molecule has 0 spiro atoms. The van der Waals surface area contributed by atoms with Crippen LogP contribution >= 0.6 is 11.3 Å². The molecule has 218 valence electrons. The van der Waals surface area contributed by atoms with Gasteiger partial charge < -0.3 is 9.15 Å². The fourth-order valence-corrected chi connectivity index (χ4v) is 7.20. The lowest BCUT2D eigenvalue weighted by atomic mass is 9.87. The number of hydrogen-bond acceptors (Lipinski definition) is 8. The summed E-state index contributed by atoms with van der Waals surface area (Å²) in [5.74, 6) is 0.585. The largest absolute Gasteiger partial charge is 0.457 e. The third kappa shape index (κ3) is 6.46. The monoisotopic (exact) mass is 597 g/mol. The topological polar surface area (TPSA) is 123 Å². The maximum Gasteiger partial charge on any atom is 0.269 e. The third-order valence-electron chi connectivity index (χ3n) is 6.93. The average Bonchev–Trinajstić information content (AvgIpc) is 3.68. The van der Waals surface area contributed by atoms with Crippen LogP contribution in [0.1, 0.15) is 53.2 Å². The number of thiazole rings is 1. The summed E-state index contributed by atoms with van der Waals surface area (Å²) >= 11 is 1.09. The van der Waals surface area contributed by atoms with Gasteiger partial charge in [-0.15, -0.1) is 11.3 Å². The second-order valence-electron chi connectivity index (χ2n) is 10.8. The zero-order valence-electron chi connectivity index (χ0n) is 24.0. The van der Waals surface area contributed by atoms with Crippen molar-refractivity contribution in [1.29, 1.82) is 5.26 Å². The first-order valence-electron chi connectivity index (χ1n) is 13.6. The molecule has 4 rings (SSSR count). The maximum atomic E-state index is 13.5. The quantitative estimate of drug-likeness (QED) is 0.370. The minimum atomic E-state index is -3.57. The number of Topliss-reactive ketones (excluding diaryl/α,β-unsaturated/α-hetero) is 1. The number of aromatic nitrogens is 1. The van der Waals surface area contributed by atoms with Gasteiger partial charge in [0.25, 0.3) is 5.56 Å². The van der Waals surface area contributed by atoms with Gasteiger partial charge in [0.1, 0.15) is 27.8 Å². The molecule has 0 N–H and O–H groups in total. The Balaban J connectivity index is 1.75. The van der Waals surface area contributed by atoms with E-state index in [1.54, 1.807) is 77.1 Å². The van der Waals surface area contributed by atoms with E-state index in [2.05, 4.69) is 0 Å². The highest BCUT2D eigenvalue weighted by Gasteiger charge is 2.28. The number of carbonyl (C=O) groups is 1. The van der Waals surface area contributed by atoms with Crippen LogP contribution in [0.25, 0.3) is 23.0 Å². The molecule has 1 aliphatic heterocycles. The van der Waals surface area contributed by atoms with Crippen molar-refractivity contribution in [3.05, 3.63) is 61.7 Å². The Kier molecular flexibility index (Phi) is 9.19. The number of ketones is 1. The molecule has 0 radical (unpaired) electrons. The molecule has 1 aromatic carbocycles. The van der Waals surface area contributed by atoms with Crippen LogP contribution in [0.4, 0.5) is 0 Å². The number of furan rings is 1. The van der Waals surface area contributed by atoms with Gasteiger partial charge in [0.15, 0.2) is 5.78 Å². The van der Waals surface area contributed by atoms with Crippen LogP contribution in [0.2, 0.25) is 0 Å². The molecular weight excluding hydrogens is 562 g/mol. The van der Waals surface area contributed by atoms with Crippen molar-refractivity contribution in [2.75, 3.05) is 19.7 Å².